The van der Waals surface area contributed by atoms with Crippen molar-refractivity contribution in [3.05, 3.63) is 12.2 Å². The van der Waals surface area contributed by atoms with Gasteiger partial charge in [-0.15, -0.1) is 0 Å². The maximum atomic E-state index is 11.8. The van der Waals surface area contributed by atoms with Crippen LogP contribution in [0, 0.1) is 35.5 Å². The van der Waals surface area contributed by atoms with Crippen molar-refractivity contribution in [2.45, 2.75) is 68.2 Å². The van der Waals surface area contributed by atoms with E-state index in [1.54, 1.807) is 0 Å². The number of esters is 2. The van der Waals surface area contributed by atoms with Gasteiger partial charge in [-0.25, -0.2) is 9.59 Å². The average Bonchev–Trinajstić information content (AvgIpc) is 2.52. The molecule has 0 aliphatic rings. The Morgan fingerprint density at radius 2 is 0.962 bits per heavy atom. The largest absolute Gasteiger partial charge is 0.462 e. The van der Waals surface area contributed by atoms with E-state index in [9.17, 15) is 9.59 Å². The minimum atomic E-state index is -0.487. The number of carbonyl (C=O) groups is 2. The molecule has 2 atom stereocenters. The molecule has 0 spiro atoms. The van der Waals surface area contributed by atoms with Crippen LogP contribution in [0.5, 0.6) is 0 Å². The minimum Gasteiger partial charge on any atom is -0.462 e. The van der Waals surface area contributed by atoms with E-state index in [2.05, 4.69) is 55.4 Å². The molecule has 0 aliphatic heterocycles. The standard InChI is InChI=1S/C22H40O4/c1-15(2)11-19(17(5)6)13-25-21(23)9-10-22(24)26-14-20(18(7)8)12-16(3)4/h9-10,15-20H,11-14H2,1-8H3/b10-9+. The Kier molecular flexibility index (Phi) is 12.3. The van der Waals surface area contributed by atoms with Crippen LogP contribution in [0.15, 0.2) is 12.2 Å². The van der Waals surface area contributed by atoms with Crippen LogP contribution < -0.4 is 0 Å². The van der Waals surface area contributed by atoms with Crippen molar-refractivity contribution in [2.75, 3.05) is 13.2 Å². The first-order chi connectivity index (χ1) is 12.0. The molecule has 0 saturated heterocycles. The predicted molar refractivity (Wildman–Crippen MR) is 107 cm³/mol. The third-order valence-electron chi connectivity index (χ3n) is 4.67. The third-order valence-corrected chi connectivity index (χ3v) is 4.67. The summed E-state index contributed by atoms with van der Waals surface area (Å²) in [4.78, 5) is 23.7. The molecule has 0 fully saturated rings. The smallest absolute Gasteiger partial charge is 0.331 e. The number of rotatable bonds is 12. The Morgan fingerprint density at radius 1 is 0.654 bits per heavy atom. The summed E-state index contributed by atoms with van der Waals surface area (Å²) in [5, 5.41) is 0. The van der Waals surface area contributed by atoms with Crippen LogP contribution in [0.2, 0.25) is 0 Å². The summed E-state index contributed by atoms with van der Waals surface area (Å²) in [6.07, 6.45) is 4.37. The van der Waals surface area contributed by atoms with Crippen molar-refractivity contribution < 1.29 is 19.1 Å². The lowest BCUT2D eigenvalue weighted by Gasteiger charge is -2.22. The van der Waals surface area contributed by atoms with E-state index < -0.39 is 11.9 Å². The number of hydrogen-bond acceptors (Lipinski definition) is 4. The molecule has 0 saturated carbocycles. The Bertz CT molecular complexity index is 395. The van der Waals surface area contributed by atoms with E-state index in [4.69, 9.17) is 9.47 Å². The molecule has 0 radical (unpaired) electrons. The van der Waals surface area contributed by atoms with Crippen molar-refractivity contribution in [3.8, 4) is 0 Å². The first kappa shape index (κ1) is 24.7. The van der Waals surface area contributed by atoms with Crippen LogP contribution in [0.1, 0.15) is 68.2 Å². The van der Waals surface area contributed by atoms with E-state index in [-0.39, 0.29) is 0 Å². The zero-order valence-electron chi connectivity index (χ0n) is 18.1. The quantitative estimate of drug-likeness (QED) is 0.348. The summed E-state index contributed by atoms with van der Waals surface area (Å²) in [6.45, 7) is 18.0. The first-order valence-corrected chi connectivity index (χ1v) is 10.0. The topological polar surface area (TPSA) is 52.6 Å². The van der Waals surface area contributed by atoms with Gasteiger partial charge in [-0.3, -0.25) is 0 Å². The van der Waals surface area contributed by atoms with Crippen LogP contribution >= 0.6 is 0 Å². The summed E-state index contributed by atoms with van der Waals surface area (Å²) < 4.78 is 10.6. The van der Waals surface area contributed by atoms with Gasteiger partial charge in [0, 0.05) is 12.2 Å². The fourth-order valence-electron chi connectivity index (χ4n) is 2.89. The van der Waals surface area contributed by atoms with Crippen molar-refractivity contribution >= 4 is 11.9 Å². The zero-order chi connectivity index (χ0) is 20.3. The minimum absolute atomic E-state index is 0.335. The van der Waals surface area contributed by atoms with Gasteiger partial charge in [0.25, 0.3) is 0 Å². The van der Waals surface area contributed by atoms with Gasteiger partial charge in [0.1, 0.15) is 0 Å². The summed E-state index contributed by atoms with van der Waals surface area (Å²) in [6, 6.07) is 0. The maximum Gasteiger partial charge on any atom is 0.331 e. The van der Waals surface area contributed by atoms with Crippen molar-refractivity contribution in [2.24, 2.45) is 35.5 Å². The molecule has 0 amide bonds. The van der Waals surface area contributed by atoms with Crippen LogP contribution in [0.25, 0.3) is 0 Å². The fraction of sp³-hybridized carbons (Fsp3) is 0.818. The molecule has 4 heteroatoms. The molecule has 0 bridgehead atoms. The Labute approximate surface area is 160 Å². The molecular formula is C22H40O4. The number of carbonyl (C=O) groups excluding carboxylic acids is 2. The highest BCUT2D eigenvalue weighted by atomic mass is 16.5. The summed E-state index contributed by atoms with van der Waals surface area (Å²) in [7, 11) is 0. The molecule has 0 aromatic carbocycles. The molecule has 0 aromatic heterocycles. The second-order valence-corrected chi connectivity index (χ2v) is 8.86. The highest BCUT2D eigenvalue weighted by Crippen LogP contribution is 2.21. The lowest BCUT2D eigenvalue weighted by Crippen LogP contribution is -2.21. The third kappa shape index (κ3) is 12.1. The van der Waals surface area contributed by atoms with Gasteiger partial charge in [0.05, 0.1) is 13.2 Å². The van der Waals surface area contributed by atoms with Gasteiger partial charge >= 0.3 is 11.9 Å². The van der Waals surface area contributed by atoms with E-state index in [1.807, 2.05) is 0 Å². The molecule has 0 rings (SSSR count). The first-order valence-electron chi connectivity index (χ1n) is 10.0. The maximum absolute atomic E-state index is 11.8. The molecule has 152 valence electrons. The van der Waals surface area contributed by atoms with Crippen molar-refractivity contribution in [1.29, 1.82) is 0 Å². The molecule has 26 heavy (non-hydrogen) atoms. The summed E-state index contributed by atoms with van der Waals surface area (Å²) in [5.74, 6) is 1.72. The Hall–Kier alpha value is -1.32. The molecule has 4 nitrogen and oxygen atoms in total. The van der Waals surface area contributed by atoms with Gasteiger partial charge in [0.15, 0.2) is 0 Å². The normalized spacial score (nSPS) is 14.5. The fourth-order valence-corrected chi connectivity index (χ4v) is 2.89. The molecule has 0 aliphatic carbocycles. The lowest BCUT2D eigenvalue weighted by atomic mass is 9.88. The van der Waals surface area contributed by atoms with Crippen LogP contribution in [0.4, 0.5) is 0 Å². The monoisotopic (exact) mass is 368 g/mol. The second-order valence-electron chi connectivity index (χ2n) is 8.86. The van der Waals surface area contributed by atoms with E-state index in [0.717, 1.165) is 12.8 Å². The number of hydrogen-bond donors (Lipinski definition) is 0. The summed E-state index contributed by atoms with van der Waals surface area (Å²) in [5.41, 5.74) is 0. The molecule has 2 unspecified atom stereocenters. The SMILES string of the molecule is CC(C)CC(COC(=O)/C=C/C(=O)OCC(CC(C)C)C(C)C)C(C)C. The average molecular weight is 369 g/mol. The van der Waals surface area contributed by atoms with Gasteiger partial charge < -0.3 is 9.47 Å². The highest BCUT2D eigenvalue weighted by Gasteiger charge is 2.18. The van der Waals surface area contributed by atoms with Crippen molar-refractivity contribution in [1.82, 2.24) is 0 Å². The second kappa shape index (κ2) is 12.9. The zero-order valence-corrected chi connectivity index (χ0v) is 18.1. The molecule has 0 heterocycles. The number of ether oxygens (including phenoxy) is 2. The van der Waals surface area contributed by atoms with Crippen molar-refractivity contribution in [3.63, 3.8) is 0 Å². The van der Waals surface area contributed by atoms with Crippen LogP contribution in [-0.2, 0) is 19.1 Å². The lowest BCUT2D eigenvalue weighted by molar-refractivity contribution is -0.142. The van der Waals surface area contributed by atoms with Gasteiger partial charge in [-0.05, 0) is 48.3 Å². The van der Waals surface area contributed by atoms with Gasteiger partial charge in [-0.1, -0.05) is 55.4 Å². The Balaban J connectivity index is 4.35. The van der Waals surface area contributed by atoms with E-state index in [0.29, 0.717) is 48.7 Å². The van der Waals surface area contributed by atoms with E-state index >= 15 is 0 Å². The highest BCUT2D eigenvalue weighted by molar-refractivity contribution is 5.91. The molecular weight excluding hydrogens is 328 g/mol. The van der Waals surface area contributed by atoms with Gasteiger partial charge in [-0.2, -0.15) is 0 Å². The molecule has 0 N–H and O–H groups in total. The van der Waals surface area contributed by atoms with Gasteiger partial charge in [0.2, 0.25) is 0 Å². The summed E-state index contributed by atoms with van der Waals surface area (Å²) >= 11 is 0. The Morgan fingerprint density at radius 3 is 1.19 bits per heavy atom. The predicted octanol–water partition coefficient (Wildman–Crippen LogP) is 5.27. The van der Waals surface area contributed by atoms with Crippen LogP contribution in [0.3, 0.4) is 0 Å². The van der Waals surface area contributed by atoms with Crippen LogP contribution in [-0.4, -0.2) is 25.2 Å². The molecule has 0 aromatic rings. The van der Waals surface area contributed by atoms with E-state index in [1.165, 1.54) is 12.2 Å².